The monoisotopic (exact) mass is 342 g/mol. The lowest BCUT2D eigenvalue weighted by molar-refractivity contribution is -0.118. The van der Waals surface area contributed by atoms with Gasteiger partial charge in [-0.25, -0.2) is 9.37 Å². The molecule has 0 saturated heterocycles. The SMILES string of the molecule is Cc1sc(NC(=O)COc2ccc(F)cc2)nc1-c1ccccc1. The van der Waals surface area contributed by atoms with Gasteiger partial charge in [0.1, 0.15) is 11.6 Å². The van der Waals surface area contributed by atoms with Crippen LogP contribution in [-0.2, 0) is 4.79 Å². The Bertz CT molecular complexity index is 832. The van der Waals surface area contributed by atoms with Gasteiger partial charge in [0.2, 0.25) is 0 Å². The van der Waals surface area contributed by atoms with Crippen LogP contribution in [0.3, 0.4) is 0 Å². The van der Waals surface area contributed by atoms with Crippen molar-refractivity contribution in [2.75, 3.05) is 11.9 Å². The van der Waals surface area contributed by atoms with Gasteiger partial charge in [-0.3, -0.25) is 10.1 Å². The van der Waals surface area contributed by atoms with Gasteiger partial charge in [-0.15, -0.1) is 11.3 Å². The van der Waals surface area contributed by atoms with Crippen molar-refractivity contribution in [1.29, 1.82) is 0 Å². The fraction of sp³-hybridized carbons (Fsp3) is 0.111. The van der Waals surface area contributed by atoms with Crippen LogP contribution in [0.15, 0.2) is 54.6 Å². The van der Waals surface area contributed by atoms with E-state index >= 15 is 0 Å². The van der Waals surface area contributed by atoms with E-state index in [0.717, 1.165) is 16.1 Å². The fourth-order valence-corrected chi connectivity index (χ4v) is 3.00. The number of rotatable bonds is 5. The van der Waals surface area contributed by atoms with Crippen molar-refractivity contribution in [2.45, 2.75) is 6.92 Å². The third-order valence-corrected chi connectivity index (χ3v) is 4.16. The van der Waals surface area contributed by atoms with E-state index in [1.807, 2.05) is 37.3 Å². The number of thiazole rings is 1. The molecule has 1 aromatic heterocycles. The maximum absolute atomic E-state index is 12.8. The predicted molar refractivity (Wildman–Crippen MR) is 92.8 cm³/mol. The number of nitrogens with one attached hydrogen (secondary N) is 1. The number of amides is 1. The third kappa shape index (κ3) is 3.97. The van der Waals surface area contributed by atoms with Gasteiger partial charge in [-0.2, -0.15) is 0 Å². The highest BCUT2D eigenvalue weighted by atomic mass is 32.1. The van der Waals surface area contributed by atoms with Crippen molar-refractivity contribution >= 4 is 22.4 Å². The molecule has 1 amide bonds. The van der Waals surface area contributed by atoms with Crippen LogP contribution in [0, 0.1) is 12.7 Å². The third-order valence-electron chi connectivity index (χ3n) is 3.27. The highest BCUT2D eigenvalue weighted by molar-refractivity contribution is 7.16. The first-order valence-electron chi connectivity index (χ1n) is 7.33. The van der Waals surface area contributed by atoms with E-state index in [-0.39, 0.29) is 18.3 Å². The lowest BCUT2D eigenvalue weighted by Gasteiger charge is -2.05. The number of anilines is 1. The fourth-order valence-electron chi connectivity index (χ4n) is 2.15. The topological polar surface area (TPSA) is 51.2 Å². The van der Waals surface area contributed by atoms with Crippen LogP contribution in [0.5, 0.6) is 5.75 Å². The van der Waals surface area contributed by atoms with Gasteiger partial charge >= 0.3 is 0 Å². The van der Waals surface area contributed by atoms with Crippen LogP contribution in [-0.4, -0.2) is 17.5 Å². The molecule has 1 heterocycles. The maximum Gasteiger partial charge on any atom is 0.264 e. The molecule has 122 valence electrons. The predicted octanol–water partition coefficient (Wildman–Crippen LogP) is 4.28. The molecule has 6 heteroatoms. The van der Waals surface area contributed by atoms with Gasteiger partial charge < -0.3 is 4.74 Å². The Hall–Kier alpha value is -2.73. The van der Waals surface area contributed by atoms with Crippen LogP contribution >= 0.6 is 11.3 Å². The molecule has 4 nitrogen and oxygen atoms in total. The molecule has 0 radical (unpaired) electrons. The van der Waals surface area contributed by atoms with Crippen molar-refractivity contribution in [3.05, 3.63) is 65.3 Å². The van der Waals surface area contributed by atoms with Gasteiger partial charge in [0.15, 0.2) is 11.7 Å². The van der Waals surface area contributed by atoms with Gasteiger partial charge in [-0.1, -0.05) is 30.3 Å². The minimum atomic E-state index is -0.349. The molecule has 0 fully saturated rings. The number of halogens is 1. The number of aryl methyl sites for hydroxylation is 1. The van der Waals surface area contributed by atoms with Crippen LogP contribution in [0.1, 0.15) is 4.88 Å². The first-order valence-corrected chi connectivity index (χ1v) is 8.14. The summed E-state index contributed by atoms with van der Waals surface area (Å²) in [4.78, 5) is 17.5. The number of aromatic nitrogens is 1. The molecule has 0 aliphatic carbocycles. The van der Waals surface area contributed by atoms with Gasteiger partial charge in [-0.05, 0) is 31.2 Å². The van der Waals surface area contributed by atoms with E-state index in [9.17, 15) is 9.18 Å². The Balaban J connectivity index is 1.61. The first kappa shape index (κ1) is 16.1. The number of ether oxygens (including phenoxy) is 1. The molecule has 0 atom stereocenters. The summed E-state index contributed by atoms with van der Waals surface area (Å²) in [5.41, 5.74) is 1.87. The van der Waals surface area contributed by atoms with Gasteiger partial charge in [0.25, 0.3) is 5.91 Å². The van der Waals surface area contributed by atoms with E-state index in [1.54, 1.807) is 0 Å². The van der Waals surface area contributed by atoms with Gasteiger partial charge in [0, 0.05) is 10.4 Å². The summed E-state index contributed by atoms with van der Waals surface area (Å²) in [5.74, 6) is -0.224. The van der Waals surface area contributed by atoms with E-state index in [0.29, 0.717) is 10.9 Å². The van der Waals surface area contributed by atoms with E-state index < -0.39 is 0 Å². The van der Waals surface area contributed by atoms with E-state index in [2.05, 4.69) is 10.3 Å². The lowest BCUT2D eigenvalue weighted by atomic mass is 10.1. The number of hydrogen-bond acceptors (Lipinski definition) is 4. The summed E-state index contributed by atoms with van der Waals surface area (Å²) in [6.07, 6.45) is 0. The normalized spacial score (nSPS) is 10.4. The largest absolute Gasteiger partial charge is 0.484 e. The minimum absolute atomic E-state index is 0.162. The molecule has 24 heavy (non-hydrogen) atoms. The first-order chi connectivity index (χ1) is 11.6. The Labute approximate surface area is 142 Å². The average Bonchev–Trinajstić information content (AvgIpc) is 2.95. The molecule has 3 aromatic rings. The average molecular weight is 342 g/mol. The van der Waals surface area contributed by atoms with E-state index in [4.69, 9.17) is 4.74 Å². The number of benzene rings is 2. The smallest absolute Gasteiger partial charge is 0.264 e. The highest BCUT2D eigenvalue weighted by Crippen LogP contribution is 2.30. The van der Waals surface area contributed by atoms with Crippen molar-refractivity contribution < 1.29 is 13.9 Å². The number of carbonyl (C=O) groups is 1. The summed E-state index contributed by atoms with van der Waals surface area (Å²) < 4.78 is 18.1. The lowest BCUT2D eigenvalue weighted by Crippen LogP contribution is -2.20. The second-order valence-electron chi connectivity index (χ2n) is 5.08. The second-order valence-corrected chi connectivity index (χ2v) is 6.28. The molecule has 2 aromatic carbocycles. The van der Waals surface area contributed by atoms with Crippen molar-refractivity contribution in [2.24, 2.45) is 0 Å². The molecule has 0 aliphatic heterocycles. The maximum atomic E-state index is 12.8. The van der Waals surface area contributed by atoms with Crippen LogP contribution in [0.2, 0.25) is 0 Å². The summed E-state index contributed by atoms with van der Waals surface area (Å²) in [5, 5.41) is 3.25. The Morgan fingerprint density at radius 2 is 1.88 bits per heavy atom. The Morgan fingerprint density at radius 3 is 2.58 bits per heavy atom. The molecule has 0 aliphatic rings. The Kier molecular flexibility index (Phi) is 4.86. The summed E-state index contributed by atoms with van der Waals surface area (Å²) in [6, 6.07) is 15.3. The molecule has 1 N–H and O–H groups in total. The quantitative estimate of drug-likeness (QED) is 0.753. The summed E-state index contributed by atoms with van der Waals surface area (Å²) in [7, 11) is 0. The number of nitrogens with zero attached hydrogens (tertiary/aromatic N) is 1. The van der Waals surface area contributed by atoms with Crippen LogP contribution < -0.4 is 10.1 Å². The molecule has 0 saturated carbocycles. The van der Waals surface area contributed by atoms with Gasteiger partial charge in [0.05, 0.1) is 5.69 Å². The molecule has 0 bridgehead atoms. The second kappa shape index (κ2) is 7.23. The van der Waals surface area contributed by atoms with Crippen molar-refractivity contribution in [3.8, 4) is 17.0 Å². The molecular weight excluding hydrogens is 327 g/mol. The number of carbonyl (C=O) groups excluding carboxylic acids is 1. The molecule has 0 unspecified atom stereocenters. The van der Waals surface area contributed by atoms with Crippen LogP contribution in [0.4, 0.5) is 9.52 Å². The minimum Gasteiger partial charge on any atom is -0.484 e. The molecule has 3 rings (SSSR count). The zero-order valence-corrected chi connectivity index (χ0v) is 13.8. The standard InChI is InChI=1S/C18H15FN2O2S/c1-12-17(13-5-3-2-4-6-13)21-18(24-12)20-16(22)11-23-15-9-7-14(19)8-10-15/h2-10H,11H2,1H3,(H,20,21,22). The van der Waals surface area contributed by atoms with Crippen molar-refractivity contribution in [1.82, 2.24) is 4.98 Å². The summed E-state index contributed by atoms with van der Waals surface area (Å²) >= 11 is 1.41. The molecular formula is C18H15FN2O2S. The van der Waals surface area contributed by atoms with Crippen molar-refractivity contribution in [3.63, 3.8) is 0 Å². The zero-order valence-electron chi connectivity index (χ0n) is 13.0. The van der Waals surface area contributed by atoms with Crippen LogP contribution in [0.25, 0.3) is 11.3 Å². The van der Waals surface area contributed by atoms with E-state index in [1.165, 1.54) is 35.6 Å². The summed E-state index contributed by atoms with van der Waals surface area (Å²) in [6.45, 7) is 1.80. The zero-order chi connectivity index (χ0) is 16.9. The number of hydrogen-bond donors (Lipinski definition) is 1. The highest BCUT2D eigenvalue weighted by Gasteiger charge is 2.12. The molecule has 0 spiro atoms. The Morgan fingerprint density at radius 1 is 1.17 bits per heavy atom.